The summed E-state index contributed by atoms with van der Waals surface area (Å²) in [6.45, 7) is 3.39. The van der Waals surface area contributed by atoms with Crippen molar-refractivity contribution in [3.63, 3.8) is 0 Å². The van der Waals surface area contributed by atoms with Crippen LogP contribution in [0.15, 0.2) is 22.7 Å². The average molecular weight is 362 g/mol. The molecule has 2 N–H and O–H groups in total. The van der Waals surface area contributed by atoms with Crippen LogP contribution in [-0.2, 0) is 4.74 Å². The second-order valence-corrected chi connectivity index (χ2v) is 6.70. The van der Waals surface area contributed by atoms with Crippen LogP contribution in [0.3, 0.4) is 0 Å². The molecule has 0 amide bonds. The van der Waals surface area contributed by atoms with Gasteiger partial charge in [-0.15, -0.1) is 0 Å². The van der Waals surface area contributed by atoms with E-state index in [4.69, 9.17) is 22.1 Å². The fourth-order valence-electron chi connectivity index (χ4n) is 2.78. The molecule has 0 radical (unpaired) electrons. The van der Waals surface area contributed by atoms with E-state index in [1.807, 2.05) is 18.2 Å². The summed E-state index contributed by atoms with van der Waals surface area (Å²) in [5.41, 5.74) is 7.16. The molecule has 0 saturated carbocycles. The molecule has 1 aliphatic rings. The van der Waals surface area contributed by atoms with Gasteiger partial charge < -0.3 is 10.5 Å². The Labute approximate surface area is 134 Å². The highest BCUT2D eigenvalue weighted by Crippen LogP contribution is 2.30. The molecule has 1 aromatic rings. The zero-order valence-electron chi connectivity index (χ0n) is 11.8. The molecule has 112 valence electrons. The Morgan fingerprint density at radius 1 is 1.45 bits per heavy atom. The number of likely N-dealkylation sites (N-methyl/N-ethyl adjacent to an activating group) is 1. The van der Waals surface area contributed by atoms with Crippen molar-refractivity contribution in [2.45, 2.75) is 18.9 Å². The van der Waals surface area contributed by atoms with Crippen molar-refractivity contribution in [1.82, 2.24) is 4.90 Å². The van der Waals surface area contributed by atoms with Crippen LogP contribution in [0.5, 0.6) is 0 Å². The second kappa shape index (κ2) is 7.76. The van der Waals surface area contributed by atoms with Gasteiger partial charge in [-0.1, -0.05) is 27.5 Å². The molecule has 1 aliphatic heterocycles. The molecule has 1 atom stereocenters. The predicted octanol–water partition coefficient (Wildman–Crippen LogP) is 3.46. The summed E-state index contributed by atoms with van der Waals surface area (Å²) >= 11 is 9.72. The van der Waals surface area contributed by atoms with Gasteiger partial charge in [0.05, 0.1) is 0 Å². The van der Waals surface area contributed by atoms with E-state index in [0.29, 0.717) is 12.5 Å². The van der Waals surface area contributed by atoms with Gasteiger partial charge in [-0.2, -0.15) is 0 Å². The Morgan fingerprint density at radius 2 is 2.15 bits per heavy atom. The standard InChI is InChI=1S/C15H22BrClN2O/c1-19(10-11-4-6-20-7-5-11)15(9-18)13-8-12(17)2-3-14(13)16/h2-3,8,11,15H,4-7,9-10,18H2,1H3. The van der Waals surface area contributed by atoms with Crippen LogP contribution in [0, 0.1) is 5.92 Å². The quantitative estimate of drug-likeness (QED) is 0.873. The molecule has 0 aromatic heterocycles. The van der Waals surface area contributed by atoms with Crippen molar-refractivity contribution >= 4 is 27.5 Å². The number of nitrogens with zero attached hydrogens (tertiary/aromatic N) is 1. The Morgan fingerprint density at radius 3 is 2.80 bits per heavy atom. The number of nitrogens with two attached hydrogens (primary N) is 1. The summed E-state index contributed by atoms with van der Waals surface area (Å²) in [7, 11) is 2.14. The summed E-state index contributed by atoms with van der Waals surface area (Å²) in [6, 6.07) is 6.07. The molecule has 0 aliphatic carbocycles. The van der Waals surface area contributed by atoms with Gasteiger partial charge in [0.2, 0.25) is 0 Å². The van der Waals surface area contributed by atoms with Crippen LogP contribution >= 0.6 is 27.5 Å². The lowest BCUT2D eigenvalue weighted by Gasteiger charge is -2.33. The van der Waals surface area contributed by atoms with Crippen molar-refractivity contribution < 1.29 is 4.74 Å². The molecule has 20 heavy (non-hydrogen) atoms. The van der Waals surface area contributed by atoms with Crippen molar-refractivity contribution in [3.8, 4) is 0 Å². The maximum Gasteiger partial charge on any atom is 0.0479 e. The molecular weight excluding hydrogens is 340 g/mol. The molecule has 1 unspecified atom stereocenters. The lowest BCUT2D eigenvalue weighted by Crippen LogP contribution is -2.36. The van der Waals surface area contributed by atoms with Crippen LogP contribution in [0.4, 0.5) is 0 Å². The minimum absolute atomic E-state index is 0.186. The largest absolute Gasteiger partial charge is 0.381 e. The van der Waals surface area contributed by atoms with Crippen molar-refractivity contribution in [1.29, 1.82) is 0 Å². The zero-order chi connectivity index (χ0) is 14.5. The van der Waals surface area contributed by atoms with E-state index in [2.05, 4.69) is 27.9 Å². The third kappa shape index (κ3) is 4.18. The lowest BCUT2D eigenvalue weighted by atomic mass is 9.98. The molecule has 0 spiro atoms. The van der Waals surface area contributed by atoms with E-state index >= 15 is 0 Å². The van der Waals surface area contributed by atoms with Gasteiger partial charge in [0, 0.05) is 41.8 Å². The number of benzene rings is 1. The molecule has 1 saturated heterocycles. The highest BCUT2D eigenvalue weighted by molar-refractivity contribution is 9.10. The van der Waals surface area contributed by atoms with Gasteiger partial charge in [-0.3, -0.25) is 4.90 Å². The Hall–Kier alpha value is -0.130. The smallest absolute Gasteiger partial charge is 0.0479 e. The van der Waals surface area contributed by atoms with Crippen LogP contribution in [0.25, 0.3) is 0 Å². The lowest BCUT2D eigenvalue weighted by molar-refractivity contribution is 0.0507. The van der Waals surface area contributed by atoms with Gasteiger partial charge in [0.1, 0.15) is 0 Å². The highest BCUT2D eigenvalue weighted by atomic mass is 79.9. The fourth-order valence-corrected chi connectivity index (χ4v) is 3.47. The number of ether oxygens (including phenoxy) is 1. The first kappa shape index (κ1) is 16.2. The first-order chi connectivity index (χ1) is 9.61. The topological polar surface area (TPSA) is 38.5 Å². The summed E-state index contributed by atoms with van der Waals surface area (Å²) in [6.07, 6.45) is 2.27. The van der Waals surface area contributed by atoms with Crippen LogP contribution in [0.2, 0.25) is 5.02 Å². The van der Waals surface area contributed by atoms with Crippen molar-refractivity contribution in [2.24, 2.45) is 11.7 Å². The van der Waals surface area contributed by atoms with Gasteiger partial charge in [0.15, 0.2) is 0 Å². The molecule has 1 fully saturated rings. The number of hydrogen-bond donors (Lipinski definition) is 1. The maximum atomic E-state index is 6.12. The van der Waals surface area contributed by atoms with Crippen molar-refractivity contribution in [3.05, 3.63) is 33.3 Å². The second-order valence-electron chi connectivity index (χ2n) is 5.41. The molecule has 1 heterocycles. The molecular formula is C15H22BrClN2O. The van der Waals surface area contributed by atoms with E-state index in [1.54, 1.807) is 0 Å². The molecule has 5 heteroatoms. The Bertz CT molecular complexity index is 438. The molecule has 2 rings (SSSR count). The fraction of sp³-hybridized carbons (Fsp3) is 0.600. The van der Waals surface area contributed by atoms with E-state index < -0.39 is 0 Å². The number of rotatable bonds is 5. The first-order valence-electron chi connectivity index (χ1n) is 7.04. The van der Waals surface area contributed by atoms with E-state index in [-0.39, 0.29) is 6.04 Å². The monoisotopic (exact) mass is 360 g/mol. The predicted molar refractivity (Wildman–Crippen MR) is 87.1 cm³/mol. The maximum absolute atomic E-state index is 6.12. The Balaban J connectivity index is 2.07. The third-order valence-electron chi connectivity index (χ3n) is 3.96. The first-order valence-corrected chi connectivity index (χ1v) is 8.22. The van der Waals surface area contributed by atoms with Crippen LogP contribution in [-0.4, -0.2) is 38.3 Å². The van der Waals surface area contributed by atoms with Crippen LogP contribution < -0.4 is 5.73 Å². The van der Waals surface area contributed by atoms with Gasteiger partial charge in [0.25, 0.3) is 0 Å². The molecule has 3 nitrogen and oxygen atoms in total. The average Bonchev–Trinajstić information content (AvgIpc) is 2.44. The molecule has 0 bridgehead atoms. The summed E-state index contributed by atoms with van der Waals surface area (Å²) in [5, 5.41) is 0.751. The SMILES string of the molecule is CN(CC1CCOCC1)C(CN)c1cc(Cl)ccc1Br. The number of halogens is 2. The zero-order valence-corrected chi connectivity index (χ0v) is 14.2. The third-order valence-corrected chi connectivity index (χ3v) is 4.92. The van der Waals surface area contributed by atoms with E-state index in [9.17, 15) is 0 Å². The van der Waals surface area contributed by atoms with Gasteiger partial charge >= 0.3 is 0 Å². The highest BCUT2D eigenvalue weighted by Gasteiger charge is 2.22. The number of hydrogen-bond acceptors (Lipinski definition) is 3. The normalized spacial score (nSPS) is 18.4. The Kier molecular flexibility index (Phi) is 6.30. The van der Waals surface area contributed by atoms with Crippen molar-refractivity contribution in [2.75, 3.05) is 33.4 Å². The minimum Gasteiger partial charge on any atom is -0.381 e. The van der Waals surface area contributed by atoms with Crippen LogP contribution in [0.1, 0.15) is 24.4 Å². The summed E-state index contributed by atoms with van der Waals surface area (Å²) in [5.74, 6) is 0.695. The minimum atomic E-state index is 0.186. The van der Waals surface area contributed by atoms with E-state index in [1.165, 1.54) is 0 Å². The van der Waals surface area contributed by atoms with E-state index in [0.717, 1.165) is 47.7 Å². The van der Waals surface area contributed by atoms with Gasteiger partial charge in [-0.25, -0.2) is 0 Å². The summed E-state index contributed by atoms with van der Waals surface area (Å²) < 4.78 is 6.49. The van der Waals surface area contributed by atoms with Gasteiger partial charge in [-0.05, 0) is 49.6 Å². The molecule has 1 aromatic carbocycles. The summed E-state index contributed by atoms with van der Waals surface area (Å²) in [4.78, 5) is 2.34.